The van der Waals surface area contributed by atoms with Crippen molar-refractivity contribution in [2.45, 2.75) is 38.4 Å². The maximum atomic E-state index is 12.1. The number of benzene rings is 2. The van der Waals surface area contributed by atoms with Crippen molar-refractivity contribution in [3.05, 3.63) is 71.8 Å². The summed E-state index contributed by atoms with van der Waals surface area (Å²) < 4.78 is 40.4. The fourth-order valence-corrected chi connectivity index (χ4v) is 4.69. The minimum absolute atomic E-state index is 0.0864. The average Bonchev–Trinajstić information content (AvgIpc) is 2.77. The van der Waals surface area contributed by atoms with E-state index in [0.29, 0.717) is 12.3 Å². The van der Waals surface area contributed by atoms with Crippen LogP contribution in [0.5, 0.6) is 11.5 Å². The first-order valence-corrected chi connectivity index (χ1v) is 11.9. The van der Waals surface area contributed by atoms with Crippen molar-refractivity contribution < 1.29 is 17.7 Å². The maximum absolute atomic E-state index is 12.1. The Balaban J connectivity index is 1.76. The van der Waals surface area contributed by atoms with Gasteiger partial charge >= 0.3 is 0 Å². The molecule has 2 aromatic carbocycles. The number of hydrogen-bond acceptors (Lipinski definition) is 6. The Morgan fingerprint density at radius 2 is 1.77 bits per heavy atom. The highest BCUT2D eigenvalue weighted by molar-refractivity contribution is 7.86. The largest absolute Gasteiger partial charge is 0.453 e. The molecule has 3 aromatic rings. The molecule has 1 unspecified atom stereocenters. The lowest BCUT2D eigenvalue weighted by atomic mass is 10.0. The number of fused-ring (bicyclic) bond motifs is 2. The average molecular weight is 440 g/mol. The van der Waals surface area contributed by atoms with Crippen LogP contribution < -0.4 is 9.64 Å². The molecule has 0 saturated carbocycles. The Morgan fingerprint density at radius 1 is 1.03 bits per heavy atom. The molecule has 1 aliphatic heterocycles. The van der Waals surface area contributed by atoms with Gasteiger partial charge in [-0.25, -0.2) is 9.97 Å². The van der Waals surface area contributed by atoms with Crippen molar-refractivity contribution in [3.8, 4) is 11.5 Å². The second kappa shape index (κ2) is 8.64. The topological polar surface area (TPSA) is 92.6 Å². The summed E-state index contributed by atoms with van der Waals surface area (Å²) in [7, 11) is -4.38. The standard InChI is InChI=1S/C23H25N3O4S/c1-3-16-14-17(4-2)22-19(15-16)26(18-8-5-6-9-20(18)30-22)13-10-21(31(27,28)29)23-24-11-7-12-25-23/h5-9,11-12,14-15,21H,3-4,10,13H2,1-2H3,(H,27,28,29). The molecule has 4 rings (SSSR count). The molecular formula is C23H25N3O4S. The lowest BCUT2D eigenvalue weighted by Crippen LogP contribution is -2.27. The van der Waals surface area contributed by atoms with Crippen molar-refractivity contribution in [3.63, 3.8) is 0 Å². The lowest BCUT2D eigenvalue weighted by molar-refractivity contribution is 0.456. The Bertz CT molecular complexity index is 1180. The normalized spacial score (nSPS) is 13.8. The van der Waals surface area contributed by atoms with Gasteiger partial charge in [-0.3, -0.25) is 4.55 Å². The van der Waals surface area contributed by atoms with Crippen LogP contribution in [0.3, 0.4) is 0 Å². The number of ether oxygens (including phenoxy) is 1. The second-order valence-corrected chi connectivity index (χ2v) is 9.03. The van der Waals surface area contributed by atoms with Gasteiger partial charge in [-0.05, 0) is 54.7 Å². The van der Waals surface area contributed by atoms with E-state index in [1.807, 2.05) is 24.3 Å². The number of aryl methyl sites for hydroxylation is 2. The van der Waals surface area contributed by atoms with Crippen LogP contribution in [0.4, 0.5) is 11.4 Å². The number of rotatable bonds is 7. The van der Waals surface area contributed by atoms with Crippen molar-refractivity contribution in [1.82, 2.24) is 9.97 Å². The summed E-state index contributed by atoms with van der Waals surface area (Å²) in [6, 6.07) is 13.5. The molecule has 2 heterocycles. The van der Waals surface area contributed by atoms with Gasteiger partial charge in [-0.1, -0.05) is 32.0 Å². The number of anilines is 2. The van der Waals surface area contributed by atoms with Crippen LogP contribution in [0.2, 0.25) is 0 Å². The summed E-state index contributed by atoms with van der Waals surface area (Å²) in [6.07, 6.45) is 4.76. The highest BCUT2D eigenvalue weighted by Crippen LogP contribution is 2.49. The third kappa shape index (κ3) is 4.26. The zero-order chi connectivity index (χ0) is 22.0. The molecule has 0 bridgehead atoms. The summed E-state index contributed by atoms with van der Waals surface area (Å²) in [5.74, 6) is 1.59. The van der Waals surface area contributed by atoms with Gasteiger partial charge < -0.3 is 9.64 Å². The van der Waals surface area contributed by atoms with E-state index in [1.54, 1.807) is 6.07 Å². The van der Waals surface area contributed by atoms with Gasteiger partial charge in [0.15, 0.2) is 11.5 Å². The van der Waals surface area contributed by atoms with Gasteiger partial charge in [0.25, 0.3) is 10.1 Å². The van der Waals surface area contributed by atoms with Crippen LogP contribution in [0.15, 0.2) is 54.9 Å². The monoisotopic (exact) mass is 439 g/mol. The maximum Gasteiger partial charge on any atom is 0.275 e. The Hall–Kier alpha value is -2.97. The predicted molar refractivity (Wildman–Crippen MR) is 120 cm³/mol. The first-order valence-electron chi connectivity index (χ1n) is 10.4. The summed E-state index contributed by atoms with van der Waals surface area (Å²) in [5.41, 5.74) is 4.04. The molecule has 0 aliphatic carbocycles. The molecule has 162 valence electrons. The third-order valence-corrected chi connectivity index (χ3v) is 6.67. The number of hydrogen-bond donors (Lipinski definition) is 1. The van der Waals surface area contributed by atoms with E-state index in [4.69, 9.17) is 4.74 Å². The molecule has 1 aliphatic rings. The molecule has 0 amide bonds. The predicted octanol–water partition coefficient (Wildman–Crippen LogP) is 4.86. The van der Waals surface area contributed by atoms with E-state index in [-0.39, 0.29) is 12.2 Å². The SMILES string of the molecule is CCc1cc(CC)c2c(c1)N(CCC(c1ncccn1)S(=O)(=O)O)c1ccccc1O2. The van der Waals surface area contributed by atoms with Gasteiger partial charge in [0, 0.05) is 18.9 Å². The van der Waals surface area contributed by atoms with Crippen molar-refractivity contribution in [2.75, 3.05) is 11.4 Å². The van der Waals surface area contributed by atoms with Crippen molar-refractivity contribution in [1.29, 1.82) is 0 Å². The second-order valence-electron chi connectivity index (χ2n) is 7.43. The van der Waals surface area contributed by atoms with Crippen LogP contribution in [0.25, 0.3) is 0 Å². The number of para-hydroxylation sites is 2. The Labute approximate surface area is 182 Å². The third-order valence-electron chi connectivity index (χ3n) is 5.50. The van der Waals surface area contributed by atoms with Crippen LogP contribution in [0, 0.1) is 0 Å². The molecule has 8 heteroatoms. The lowest BCUT2D eigenvalue weighted by Gasteiger charge is -2.34. The van der Waals surface area contributed by atoms with E-state index < -0.39 is 15.4 Å². The fraction of sp³-hybridized carbons (Fsp3) is 0.304. The first-order chi connectivity index (χ1) is 14.9. The highest BCUT2D eigenvalue weighted by Gasteiger charge is 2.32. The van der Waals surface area contributed by atoms with Gasteiger partial charge in [0.2, 0.25) is 0 Å². The number of nitrogens with zero attached hydrogens (tertiary/aromatic N) is 3. The molecule has 0 saturated heterocycles. The smallest absolute Gasteiger partial charge is 0.275 e. The van der Waals surface area contributed by atoms with E-state index in [2.05, 4.69) is 40.8 Å². The van der Waals surface area contributed by atoms with Crippen LogP contribution in [-0.4, -0.2) is 29.5 Å². The van der Waals surface area contributed by atoms with Crippen LogP contribution in [0.1, 0.15) is 42.5 Å². The minimum atomic E-state index is -4.38. The summed E-state index contributed by atoms with van der Waals surface area (Å²) in [5, 5.41) is -1.22. The summed E-state index contributed by atoms with van der Waals surface area (Å²) >= 11 is 0. The quantitative estimate of drug-likeness (QED) is 0.525. The zero-order valence-corrected chi connectivity index (χ0v) is 18.3. The van der Waals surface area contributed by atoms with Gasteiger partial charge in [-0.2, -0.15) is 8.42 Å². The van der Waals surface area contributed by atoms with Crippen molar-refractivity contribution >= 4 is 21.5 Å². The van der Waals surface area contributed by atoms with E-state index in [1.165, 1.54) is 18.0 Å². The molecule has 7 nitrogen and oxygen atoms in total. The highest BCUT2D eigenvalue weighted by atomic mass is 32.2. The summed E-state index contributed by atoms with van der Waals surface area (Å²) in [6.45, 7) is 4.53. The van der Waals surface area contributed by atoms with Crippen molar-refractivity contribution in [2.24, 2.45) is 0 Å². The van der Waals surface area contributed by atoms with E-state index in [9.17, 15) is 13.0 Å². The van der Waals surface area contributed by atoms with E-state index >= 15 is 0 Å². The molecule has 0 radical (unpaired) electrons. The van der Waals surface area contributed by atoms with Crippen LogP contribution >= 0.6 is 0 Å². The molecule has 1 atom stereocenters. The van der Waals surface area contributed by atoms with Crippen LogP contribution in [-0.2, 0) is 23.0 Å². The van der Waals surface area contributed by atoms with Gasteiger partial charge in [-0.15, -0.1) is 0 Å². The summed E-state index contributed by atoms with van der Waals surface area (Å²) in [4.78, 5) is 10.2. The molecule has 0 fully saturated rings. The Morgan fingerprint density at radius 3 is 2.45 bits per heavy atom. The molecular weight excluding hydrogens is 414 g/mol. The minimum Gasteiger partial charge on any atom is -0.453 e. The molecule has 1 aromatic heterocycles. The molecule has 0 spiro atoms. The fourth-order valence-electron chi connectivity index (χ4n) is 3.90. The van der Waals surface area contributed by atoms with E-state index in [0.717, 1.165) is 35.5 Å². The van der Waals surface area contributed by atoms with Gasteiger partial charge in [0.05, 0.1) is 11.4 Å². The number of aromatic nitrogens is 2. The zero-order valence-electron chi connectivity index (χ0n) is 17.5. The first kappa shape index (κ1) is 21.3. The molecule has 31 heavy (non-hydrogen) atoms. The Kier molecular flexibility index (Phi) is 5.93. The van der Waals surface area contributed by atoms with Gasteiger partial charge in [0.1, 0.15) is 11.1 Å². The molecule has 1 N–H and O–H groups in total.